The van der Waals surface area contributed by atoms with Crippen LogP contribution in [0.5, 0.6) is 0 Å². The lowest BCUT2D eigenvalue weighted by Gasteiger charge is -2.60. The van der Waals surface area contributed by atoms with E-state index in [0.717, 1.165) is 51.4 Å². The van der Waals surface area contributed by atoms with E-state index in [4.69, 9.17) is 0 Å². The Morgan fingerprint density at radius 3 is 2.43 bits per heavy atom. The Kier molecular flexibility index (Phi) is 6.69. The topological polar surface area (TPSA) is 94.9 Å². The molecular weight excluding hydrogens is 466 g/mol. The lowest BCUT2D eigenvalue weighted by atomic mass is 9.42. The predicted octanol–water partition coefficient (Wildman–Crippen LogP) is 5.73. The summed E-state index contributed by atoms with van der Waals surface area (Å²) in [4.78, 5) is 40.2. The molecular formula is C31H47NO5. The van der Waals surface area contributed by atoms with Crippen molar-refractivity contribution in [2.45, 2.75) is 98.4 Å². The van der Waals surface area contributed by atoms with E-state index in [1.54, 1.807) is 4.90 Å². The molecule has 5 fully saturated rings. The number of carboxylic acid groups (broad SMARTS) is 1. The number of carbonyl (C=O) groups is 3. The van der Waals surface area contributed by atoms with Crippen LogP contribution in [-0.4, -0.2) is 52.0 Å². The zero-order valence-corrected chi connectivity index (χ0v) is 23.5. The third-order valence-electron chi connectivity index (χ3n) is 11.9. The van der Waals surface area contributed by atoms with Gasteiger partial charge in [-0.25, -0.2) is 4.79 Å². The maximum Gasteiger partial charge on any atom is 0.407 e. The van der Waals surface area contributed by atoms with Crippen LogP contribution in [0.25, 0.3) is 0 Å². The number of ketones is 2. The lowest BCUT2D eigenvalue weighted by molar-refractivity contribution is -0.167. The Hall–Kier alpha value is -1.69. The molecule has 0 radical (unpaired) electrons. The molecule has 1 saturated heterocycles. The highest BCUT2D eigenvalue weighted by Crippen LogP contribution is 2.66. The second-order valence-corrected chi connectivity index (χ2v) is 14.6. The van der Waals surface area contributed by atoms with E-state index in [2.05, 4.69) is 40.7 Å². The Morgan fingerprint density at radius 2 is 1.78 bits per heavy atom. The Bertz CT molecular complexity index is 996. The minimum Gasteiger partial charge on any atom is -0.465 e. The van der Waals surface area contributed by atoms with E-state index >= 15 is 0 Å². The number of aliphatic hydroxyl groups is 1. The Morgan fingerprint density at radius 1 is 1.05 bits per heavy atom. The van der Waals surface area contributed by atoms with Crippen LogP contribution in [0.15, 0.2) is 11.6 Å². The summed E-state index contributed by atoms with van der Waals surface area (Å²) in [5.41, 5.74) is 0.921. The highest BCUT2D eigenvalue weighted by atomic mass is 16.4. The third kappa shape index (κ3) is 4.11. The van der Waals surface area contributed by atoms with Crippen molar-refractivity contribution >= 4 is 17.7 Å². The fourth-order valence-corrected chi connectivity index (χ4v) is 10.0. The highest BCUT2D eigenvalue weighted by molar-refractivity contribution is 5.91. The molecule has 0 aromatic rings. The van der Waals surface area contributed by atoms with Gasteiger partial charge in [0.15, 0.2) is 0 Å². The molecule has 9 atom stereocenters. The molecule has 0 aromatic carbocycles. The zero-order valence-electron chi connectivity index (χ0n) is 23.5. The number of fused-ring (bicyclic) bond motifs is 5. The van der Waals surface area contributed by atoms with Crippen LogP contribution in [0.4, 0.5) is 4.79 Å². The van der Waals surface area contributed by atoms with Gasteiger partial charge in [-0.3, -0.25) is 9.59 Å². The molecule has 6 unspecified atom stereocenters. The van der Waals surface area contributed by atoms with Crippen molar-refractivity contribution in [3.8, 4) is 0 Å². The van der Waals surface area contributed by atoms with Gasteiger partial charge < -0.3 is 15.1 Å². The quantitative estimate of drug-likeness (QED) is 0.470. The largest absolute Gasteiger partial charge is 0.465 e. The normalized spacial score (nSPS) is 45.1. The summed E-state index contributed by atoms with van der Waals surface area (Å²) in [5.74, 6) is 1.04. The molecule has 6 heteroatoms. The molecule has 1 amide bonds. The molecule has 1 heterocycles. The SMILES string of the molecule is CC(C)(C)C1C(C/C=C2\CC[C@]3(C)C4CC[C@]5(C)C(=O)CCC5C4C(=O)[C@H](CO)C3C2)CCN1C(=O)O. The standard InChI is InChI=1S/C31H47NO5/c1-29(2,3)27-19(12-15-32(27)28(36)37)7-6-18-10-13-30(4)22-11-14-31(5)21(8-9-24(31)34)25(22)26(35)20(17-33)23(30)16-18/h6,19-23,25,27,33H,7-17H2,1-5H3,(H,36,37)/b18-6+/t19?,20-,21?,22?,23?,25?,27?,30-,31+/m1/s1. The van der Waals surface area contributed by atoms with Crippen LogP contribution in [0.2, 0.25) is 0 Å². The van der Waals surface area contributed by atoms with Crippen molar-refractivity contribution in [2.24, 2.45) is 51.8 Å². The first-order valence-electron chi connectivity index (χ1n) is 14.7. The molecule has 0 spiro atoms. The van der Waals surface area contributed by atoms with Gasteiger partial charge in [-0.05, 0) is 85.9 Å². The molecule has 5 rings (SSSR count). The first kappa shape index (κ1) is 26.9. The number of nitrogens with zero attached hydrogens (tertiary/aromatic N) is 1. The number of allylic oxidation sites excluding steroid dienone is 2. The van der Waals surface area contributed by atoms with Crippen molar-refractivity contribution in [2.75, 3.05) is 13.2 Å². The van der Waals surface area contributed by atoms with E-state index < -0.39 is 6.09 Å². The molecule has 1 aliphatic heterocycles. The molecule has 0 aromatic heterocycles. The lowest BCUT2D eigenvalue weighted by Crippen LogP contribution is -2.60. The summed E-state index contributed by atoms with van der Waals surface area (Å²) >= 11 is 0. The van der Waals surface area contributed by atoms with E-state index in [-0.39, 0.29) is 58.3 Å². The first-order valence-corrected chi connectivity index (χ1v) is 14.7. The molecule has 37 heavy (non-hydrogen) atoms. The molecule has 2 N–H and O–H groups in total. The van der Waals surface area contributed by atoms with Crippen LogP contribution in [0.3, 0.4) is 0 Å². The maximum atomic E-state index is 14.0. The van der Waals surface area contributed by atoms with Crippen molar-refractivity contribution in [3.63, 3.8) is 0 Å². The minimum atomic E-state index is -0.822. The van der Waals surface area contributed by atoms with Gasteiger partial charge in [-0.1, -0.05) is 46.3 Å². The average Bonchev–Trinajstić information content (AvgIpc) is 3.40. The number of aliphatic hydroxyl groups excluding tert-OH is 1. The van der Waals surface area contributed by atoms with Crippen LogP contribution in [-0.2, 0) is 9.59 Å². The number of Topliss-reactive ketones (excluding diaryl/α,β-unsaturated/α-hetero) is 2. The molecule has 5 aliphatic rings. The van der Waals surface area contributed by atoms with E-state index in [1.807, 2.05) is 0 Å². The fourth-order valence-electron chi connectivity index (χ4n) is 10.0. The Labute approximate surface area is 222 Å². The number of hydrogen-bond acceptors (Lipinski definition) is 4. The van der Waals surface area contributed by atoms with Gasteiger partial charge in [-0.15, -0.1) is 0 Å². The second-order valence-electron chi connectivity index (χ2n) is 14.6. The summed E-state index contributed by atoms with van der Waals surface area (Å²) in [5, 5.41) is 20.2. The van der Waals surface area contributed by atoms with Gasteiger partial charge >= 0.3 is 6.09 Å². The van der Waals surface area contributed by atoms with Gasteiger partial charge in [0.25, 0.3) is 0 Å². The zero-order chi connectivity index (χ0) is 26.9. The second kappa shape index (κ2) is 9.20. The van der Waals surface area contributed by atoms with Crippen molar-refractivity contribution in [3.05, 3.63) is 11.6 Å². The summed E-state index contributed by atoms with van der Waals surface area (Å²) in [7, 11) is 0. The maximum absolute atomic E-state index is 14.0. The molecule has 206 valence electrons. The summed E-state index contributed by atoms with van der Waals surface area (Å²) in [6, 6.07) is 0.00332. The van der Waals surface area contributed by atoms with E-state index in [0.29, 0.717) is 30.6 Å². The van der Waals surface area contributed by atoms with Crippen LogP contribution in [0.1, 0.15) is 92.4 Å². The molecule has 4 saturated carbocycles. The molecule has 0 bridgehead atoms. The predicted molar refractivity (Wildman–Crippen MR) is 142 cm³/mol. The molecule has 4 aliphatic carbocycles. The summed E-state index contributed by atoms with van der Waals surface area (Å²) in [6.07, 6.45) is 9.46. The fraction of sp³-hybridized carbons (Fsp3) is 0.839. The highest BCUT2D eigenvalue weighted by Gasteiger charge is 2.64. The number of carbonyl (C=O) groups excluding carboxylic acids is 2. The average molecular weight is 514 g/mol. The van der Waals surface area contributed by atoms with Gasteiger partial charge in [0.2, 0.25) is 0 Å². The number of rotatable bonds is 3. The number of amides is 1. The van der Waals surface area contributed by atoms with Crippen molar-refractivity contribution in [1.29, 1.82) is 0 Å². The smallest absolute Gasteiger partial charge is 0.407 e. The van der Waals surface area contributed by atoms with Gasteiger partial charge in [-0.2, -0.15) is 0 Å². The van der Waals surface area contributed by atoms with Gasteiger partial charge in [0, 0.05) is 36.3 Å². The van der Waals surface area contributed by atoms with Crippen LogP contribution in [0, 0.1) is 51.8 Å². The van der Waals surface area contributed by atoms with Crippen molar-refractivity contribution in [1.82, 2.24) is 4.90 Å². The summed E-state index contributed by atoms with van der Waals surface area (Å²) in [6.45, 7) is 11.4. The van der Waals surface area contributed by atoms with E-state index in [9.17, 15) is 24.6 Å². The monoisotopic (exact) mass is 513 g/mol. The minimum absolute atomic E-state index is 0.00332. The molecule has 6 nitrogen and oxygen atoms in total. The van der Waals surface area contributed by atoms with Crippen LogP contribution >= 0.6 is 0 Å². The van der Waals surface area contributed by atoms with E-state index in [1.165, 1.54) is 5.57 Å². The Balaban J connectivity index is 1.37. The number of likely N-dealkylation sites (tertiary alicyclic amines) is 1. The van der Waals surface area contributed by atoms with Crippen molar-refractivity contribution < 1.29 is 24.6 Å². The number of hydrogen-bond donors (Lipinski definition) is 2. The first-order chi connectivity index (χ1) is 17.3. The summed E-state index contributed by atoms with van der Waals surface area (Å²) < 4.78 is 0. The van der Waals surface area contributed by atoms with Gasteiger partial charge in [0.1, 0.15) is 11.6 Å². The third-order valence-corrected chi connectivity index (χ3v) is 11.9. The van der Waals surface area contributed by atoms with Gasteiger partial charge in [0.05, 0.1) is 6.61 Å². The van der Waals surface area contributed by atoms with Crippen LogP contribution < -0.4 is 0 Å².